The first-order chi connectivity index (χ1) is 5.96. The molecule has 2 N–H and O–H groups in total. The number of alkyl halides is 3. The van der Waals surface area contributed by atoms with Gasteiger partial charge in [-0.3, -0.25) is 5.10 Å². The summed E-state index contributed by atoms with van der Waals surface area (Å²) in [5, 5.41) is 8.08. The summed E-state index contributed by atoms with van der Waals surface area (Å²) in [7, 11) is 1.53. The number of aromatic nitrogens is 3. The Balaban J connectivity index is 3.17. The Kier molecular flexibility index (Phi) is 2.71. The normalized spacial score (nSPS) is 12.0. The van der Waals surface area contributed by atoms with Crippen molar-refractivity contribution in [3.63, 3.8) is 0 Å². The van der Waals surface area contributed by atoms with E-state index in [-0.39, 0.29) is 16.9 Å². The first kappa shape index (κ1) is 10.2. The minimum atomic E-state index is -4.52. The van der Waals surface area contributed by atoms with Crippen molar-refractivity contribution in [2.75, 3.05) is 7.05 Å². The topological polar surface area (TPSA) is 45.6 Å². The first-order valence-electron chi connectivity index (χ1n) is 3.35. The molecule has 1 aromatic rings. The van der Waals surface area contributed by atoms with E-state index < -0.39 is 11.1 Å². The van der Waals surface area contributed by atoms with Gasteiger partial charge in [-0.15, -0.1) is 13.2 Å². The predicted molar refractivity (Wildman–Crippen MR) is 41.5 cm³/mol. The summed E-state index contributed by atoms with van der Waals surface area (Å²) in [6, 6.07) is 0. The van der Waals surface area contributed by atoms with Gasteiger partial charge in [-0.05, 0) is 19.3 Å². The van der Waals surface area contributed by atoms with Crippen molar-refractivity contribution >= 4 is 12.2 Å². The van der Waals surface area contributed by atoms with Gasteiger partial charge in [0.25, 0.3) is 0 Å². The Labute approximate surface area is 76.8 Å². The van der Waals surface area contributed by atoms with Crippen LogP contribution in [0.5, 0.6) is 0 Å². The molecule has 1 rings (SSSR count). The molecule has 0 aliphatic rings. The molecule has 4 nitrogen and oxygen atoms in total. The van der Waals surface area contributed by atoms with Crippen LogP contribution in [-0.4, -0.2) is 21.8 Å². The summed E-state index contributed by atoms with van der Waals surface area (Å²) < 4.78 is 36.4. The van der Waals surface area contributed by atoms with E-state index in [1.165, 1.54) is 7.05 Å². The third kappa shape index (κ3) is 2.07. The maximum atomic E-state index is 12.3. The molecule has 0 aliphatic carbocycles. The highest BCUT2D eigenvalue weighted by atomic mass is 32.1. The Morgan fingerprint density at radius 3 is 2.69 bits per heavy atom. The van der Waals surface area contributed by atoms with Crippen molar-refractivity contribution in [3.05, 3.63) is 10.6 Å². The van der Waals surface area contributed by atoms with Crippen LogP contribution >= 0.6 is 12.2 Å². The Bertz CT molecular complexity index is 338. The van der Waals surface area contributed by atoms with Crippen molar-refractivity contribution in [2.45, 2.75) is 12.8 Å². The Morgan fingerprint density at radius 1 is 1.62 bits per heavy atom. The molecular formula is C5H7F3N4S. The summed E-state index contributed by atoms with van der Waals surface area (Å²) in [6.07, 6.45) is -4.52. The third-order valence-electron chi connectivity index (χ3n) is 1.33. The lowest BCUT2D eigenvalue weighted by atomic mass is 10.6. The largest absolute Gasteiger partial charge is 0.492 e. The van der Waals surface area contributed by atoms with Gasteiger partial charge in [0.05, 0.1) is 6.54 Å². The number of hydrogen-bond acceptors (Lipinski definition) is 3. The lowest BCUT2D eigenvalue weighted by Crippen LogP contribution is -2.22. The number of halogens is 3. The fraction of sp³-hybridized carbons (Fsp3) is 0.600. The quantitative estimate of drug-likeness (QED) is 0.722. The number of nitrogens with one attached hydrogen (secondary N) is 2. The molecule has 0 aliphatic heterocycles. The number of nitrogens with zero attached hydrogens (tertiary/aromatic N) is 2. The molecule has 13 heavy (non-hydrogen) atoms. The van der Waals surface area contributed by atoms with Gasteiger partial charge in [0.1, 0.15) is 0 Å². The van der Waals surface area contributed by atoms with Gasteiger partial charge in [-0.1, -0.05) is 0 Å². The SMILES string of the molecule is CNCc1n[nH]c(=S)n1C(F)(F)F. The van der Waals surface area contributed by atoms with Crippen molar-refractivity contribution in [2.24, 2.45) is 0 Å². The van der Waals surface area contributed by atoms with Gasteiger partial charge in [-0.25, -0.2) is 4.57 Å². The van der Waals surface area contributed by atoms with Crippen molar-refractivity contribution < 1.29 is 13.2 Å². The molecular weight excluding hydrogens is 205 g/mol. The fourth-order valence-corrected chi connectivity index (χ4v) is 1.12. The molecule has 0 unspecified atom stereocenters. The molecule has 0 fully saturated rings. The van der Waals surface area contributed by atoms with Crippen LogP contribution in [0.1, 0.15) is 5.82 Å². The van der Waals surface area contributed by atoms with Crippen molar-refractivity contribution in [1.29, 1.82) is 0 Å². The standard InChI is InChI=1S/C5H7F3N4S/c1-9-2-3-10-11-4(13)12(3)5(6,7)8/h9H,2H2,1H3,(H,11,13). The zero-order chi connectivity index (χ0) is 10.1. The summed E-state index contributed by atoms with van der Waals surface area (Å²) in [5.41, 5.74) is 0. The molecule has 1 heterocycles. The zero-order valence-electron chi connectivity index (χ0n) is 6.64. The molecule has 0 spiro atoms. The smallest absolute Gasteiger partial charge is 0.313 e. The third-order valence-corrected chi connectivity index (χ3v) is 1.60. The van der Waals surface area contributed by atoms with Crippen LogP contribution in [0.15, 0.2) is 0 Å². The van der Waals surface area contributed by atoms with Gasteiger partial charge in [0, 0.05) is 0 Å². The zero-order valence-corrected chi connectivity index (χ0v) is 7.46. The van der Waals surface area contributed by atoms with Gasteiger partial charge in [0.15, 0.2) is 5.82 Å². The van der Waals surface area contributed by atoms with E-state index in [1.54, 1.807) is 0 Å². The molecule has 8 heteroatoms. The van der Waals surface area contributed by atoms with Gasteiger partial charge in [0.2, 0.25) is 4.77 Å². The van der Waals surface area contributed by atoms with Crippen LogP contribution in [0.2, 0.25) is 0 Å². The maximum absolute atomic E-state index is 12.3. The summed E-state index contributed by atoms with van der Waals surface area (Å²) in [5.74, 6) is -0.181. The van der Waals surface area contributed by atoms with Crippen molar-refractivity contribution in [3.8, 4) is 0 Å². The summed E-state index contributed by atoms with van der Waals surface area (Å²) in [4.78, 5) is 0. The highest BCUT2D eigenvalue weighted by Gasteiger charge is 2.34. The highest BCUT2D eigenvalue weighted by molar-refractivity contribution is 7.71. The summed E-state index contributed by atoms with van der Waals surface area (Å²) in [6.45, 7) is 0.00660. The maximum Gasteiger partial charge on any atom is 0.492 e. The van der Waals surface area contributed by atoms with Gasteiger partial charge < -0.3 is 5.32 Å². The van der Waals surface area contributed by atoms with E-state index in [4.69, 9.17) is 0 Å². The molecule has 0 aromatic carbocycles. The second-order valence-electron chi connectivity index (χ2n) is 2.28. The first-order valence-corrected chi connectivity index (χ1v) is 3.75. The second kappa shape index (κ2) is 3.46. The lowest BCUT2D eigenvalue weighted by molar-refractivity contribution is -0.206. The molecule has 0 bridgehead atoms. The number of hydrogen-bond donors (Lipinski definition) is 2. The fourth-order valence-electron chi connectivity index (χ4n) is 0.868. The van der Waals surface area contributed by atoms with Crippen LogP contribution in [0.25, 0.3) is 0 Å². The highest BCUT2D eigenvalue weighted by Crippen LogP contribution is 2.23. The van der Waals surface area contributed by atoms with Crippen LogP contribution in [0, 0.1) is 4.77 Å². The molecule has 74 valence electrons. The molecule has 0 atom stereocenters. The van der Waals surface area contributed by atoms with E-state index in [1.807, 2.05) is 0 Å². The van der Waals surface area contributed by atoms with Crippen LogP contribution in [0.4, 0.5) is 13.2 Å². The number of H-pyrrole nitrogens is 1. The van der Waals surface area contributed by atoms with Crippen molar-refractivity contribution in [1.82, 2.24) is 20.1 Å². The van der Waals surface area contributed by atoms with E-state index >= 15 is 0 Å². The Hall–Kier alpha value is -0.890. The minimum Gasteiger partial charge on any atom is -0.313 e. The van der Waals surface area contributed by atoms with Gasteiger partial charge in [-0.2, -0.15) is 5.10 Å². The van der Waals surface area contributed by atoms with E-state index in [0.717, 1.165) is 0 Å². The predicted octanol–water partition coefficient (Wildman–Crippen LogP) is 1.14. The molecule has 0 radical (unpaired) electrons. The monoisotopic (exact) mass is 212 g/mol. The van der Waals surface area contributed by atoms with E-state index in [2.05, 4.69) is 27.7 Å². The van der Waals surface area contributed by atoms with Gasteiger partial charge >= 0.3 is 6.30 Å². The molecule has 1 aromatic heterocycles. The van der Waals surface area contributed by atoms with E-state index in [0.29, 0.717) is 0 Å². The van der Waals surface area contributed by atoms with Crippen LogP contribution in [0.3, 0.4) is 0 Å². The molecule has 0 saturated heterocycles. The lowest BCUT2D eigenvalue weighted by Gasteiger charge is -2.09. The summed E-state index contributed by atoms with van der Waals surface area (Å²) >= 11 is 4.43. The van der Waals surface area contributed by atoms with E-state index in [9.17, 15) is 13.2 Å². The number of aromatic amines is 1. The van der Waals surface area contributed by atoms with Crippen LogP contribution in [-0.2, 0) is 12.8 Å². The Morgan fingerprint density at radius 2 is 2.23 bits per heavy atom. The number of rotatable bonds is 2. The minimum absolute atomic E-state index is 0.00660. The van der Waals surface area contributed by atoms with Crippen LogP contribution < -0.4 is 5.32 Å². The second-order valence-corrected chi connectivity index (χ2v) is 2.67. The average molecular weight is 212 g/mol. The molecule has 0 amide bonds. The molecule has 0 saturated carbocycles. The average Bonchev–Trinajstić information content (AvgIpc) is 2.31.